The average Bonchev–Trinajstić information content (AvgIpc) is 2.90. The van der Waals surface area contributed by atoms with Crippen LogP contribution in [-0.2, 0) is 6.42 Å². The van der Waals surface area contributed by atoms with Crippen LogP contribution >= 0.6 is 11.3 Å². The highest BCUT2D eigenvalue weighted by molar-refractivity contribution is 7.17. The molecule has 0 spiro atoms. The van der Waals surface area contributed by atoms with Gasteiger partial charge in [0, 0.05) is 21.8 Å². The molecule has 0 unspecified atom stereocenters. The summed E-state index contributed by atoms with van der Waals surface area (Å²) in [6, 6.07) is 16.2. The predicted octanol–water partition coefficient (Wildman–Crippen LogP) is 4.29. The first-order valence-corrected chi connectivity index (χ1v) is 7.14. The van der Waals surface area contributed by atoms with Crippen molar-refractivity contribution < 1.29 is 0 Å². The molecule has 0 aliphatic rings. The van der Waals surface area contributed by atoms with Crippen molar-refractivity contribution in [3.63, 3.8) is 0 Å². The van der Waals surface area contributed by atoms with E-state index in [-0.39, 0.29) is 0 Å². The van der Waals surface area contributed by atoms with Crippen LogP contribution in [0.1, 0.15) is 5.56 Å². The summed E-state index contributed by atoms with van der Waals surface area (Å²) in [6.07, 6.45) is 0.324. The molecule has 4 heteroatoms. The van der Waals surface area contributed by atoms with Crippen LogP contribution in [0.4, 0.5) is 17.1 Å². The Bertz CT molecular complexity index is 799. The van der Waals surface area contributed by atoms with E-state index in [0.717, 1.165) is 16.9 Å². The summed E-state index contributed by atoms with van der Waals surface area (Å²) in [5, 5.41) is 15.5. The number of fused-ring (bicyclic) bond motifs is 1. The Morgan fingerprint density at radius 3 is 2.75 bits per heavy atom. The zero-order valence-corrected chi connectivity index (χ0v) is 11.6. The van der Waals surface area contributed by atoms with Crippen molar-refractivity contribution in [2.24, 2.45) is 0 Å². The molecule has 0 bridgehead atoms. The van der Waals surface area contributed by atoms with Gasteiger partial charge in [0.05, 0.1) is 12.5 Å². The Balaban J connectivity index is 1.90. The van der Waals surface area contributed by atoms with Crippen molar-refractivity contribution in [2.75, 3.05) is 11.1 Å². The lowest BCUT2D eigenvalue weighted by atomic mass is 10.1. The number of hydrogen-bond acceptors (Lipinski definition) is 4. The normalized spacial score (nSPS) is 10.3. The summed E-state index contributed by atoms with van der Waals surface area (Å²) in [7, 11) is 0. The number of nitrogens with two attached hydrogens (primary N) is 1. The number of nitrogen functional groups attached to an aromatic ring is 1. The second-order valence-electron chi connectivity index (χ2n) is 4.55. The van der Waals surface area contributed by atoms with Gasteiger partial charge in [0.15, 0.2) is 0 Å². The van der Waals surface area contributed by atoms with E-state index in [9.17, 15) is 0 Å². The molecule has 0 saturated carbocycles. The van der Waals surface area contributed by atoms with E-state index in [4.69, 9.17) is 11.0 Å². The zero-order chi connectivity index (χ0) is 13.9. The van der Waals surface area contributed by atoms with E-state index in [2.05, 4.69) is 41.0 Å². The van der Waals surface area contributed by atoms with Crippen LogP contribution in [0.5, 0.6) is 0 Å². The Labute approximate surface area is 121 Å². The number of nitriles is 1. The molecule has 3 aromatic rings. The topological polar surface area (TPSA) is 61.8 Å². The maximum absolute atomic E-state index is 8.79. The van der Waals surface area contributed by atoms with Gasteiger partial charge in [0.25, 0.3) is 0 Å². The highest BCUT2D eigenvalue weighted by Crippen LogP contribution is 2.27. The van der Waals surface area contributed by atoms with E-state index < -0.39 is 0 Å². The largest absolute Gasteiger partial charge is 0.398 e. The van der Waals surface area contributed by atoms with Crippen molar-refractivity contribution in [1.29, 1.82) is 5.26 Å². The van der Waals surface area contributed by atoms with E-state index in [1.807, 2.05) is 18.2 Å². The molecule has 0 fully saturated rings. The number of benzene rings is 2. The van der Waals surface area contributed by atoms with Crippen LogP contribution in [0.3, 0.4) is 0 Å². The fourth-order valence-electron chi connectivity index (χ4n) is 2.13. The van der Waals surface area contributed by atoms with Gasteiger partial charge in [-0.1, -0.05) is 0 Å². The summed E-state index contributed by atoms with van der Waals surface area (Å²) in [5.74, 6) is 0. The standard InChI is InChI=1S/C16H13N3S/c17-7-5-11-9-13(1-3-15(11)18)19-14-2-4-16-12(10-14)6-8-20-16/h1-4,6,8-10,19H,5,18H2. The first-order chi connectivity index (χ1) is 9.76. The highest BCUT2D eigenvalue weighted by Gasteiger charge is 2.02. The van der Waals surface area contributed by atoms with Crippen LogP contribution in [0.15, 0.2) is 47.8 Å². The molecule has 0 aliphatic carbocycles. The smallest absolute Gasteiger partial charge is 0.0670 e. The fourth-order valence-corrected chi connectivity index (χ4v) is 2.90. The summed E-state index contributed by atoms with van der Waals surface area (Å²) in [5.41, 5.74) is 9.34. The Morgan fingerprint density at radius 1 is 1.10 bits per heavy atom. The SMILES string of the molecule is N#CCc1cc(Nc2ccc3sccc3c2)ccc1N. The van der Waals surface area contributed by atoms with E-state index in [1.54, 1.807) is 11.3 Å². The minimum Gasteiger partial charge on any atom is -0.398 e. The van der Waals surface area contributed by atoms with Gasteiger partial charge in [-0.3, -0.25) is 0 Å². The lowest BCUT2D eigenvalue weighted by Gasteiger charge is -2.09. The second kappa shape index (κ2) is 5.24. The van der Waals surface area contributed by atoms with Gasteiger partial charge in [0.2, 0.25) is 0 Å². The molecule has 0 radical (unpaired) electrons. The Morgan fingerprint density at radius 2 is 1.90 bits per heavy atom. The molecule has 0 atom stereocenters. The van der Waals surface area contributed by atoms with Gasteiger partial charge in [-0.25, -0.2) is 0 Å². The molecule has 20 heavy (non-hydrogen) atoms. The molecular formula is C16H13N3S. The van der Waals surface area contributed by atoms with Crippen LogP contribution in [0, 0.1) is 11.3 Å². The highest BCUT2D eigenvalue weighted by atomic mass is 32.1. The molecule has 3 nitrogen and oxygen atoms in total. The number of rotatable bonds is 3. The van der Waals surface area contributed by atoms with Gasteiger partial charge in [0.1, 0.15) is 0 Å². The van der Waals surface area contributed by atoms with Crippen LogP contribution in [0.2, 0.25) is 0 Å². The van der Waals surface area contributed by atoms with Crippen molar-refractivity contribution >= 4 is 38.5 Å². The summed E-state index contributed by atoms with van der Waals surface area (Å²) in [6.45, 7) is 0. The first-order valence-electron chi connectivity index (χ1n) is 6.26. The number of nitrogens with one attached hydrogen (secondary N) is 1. The van der Waals surface area contributed by atoms with E-state index in [0.29, 0.717) is 12.1 Å². The lowest BCUT2D eigenvalue weighted by Crippen LogP contribution is -1.96. The van der Waals surface area contributed by atoms with Gasteiger partial charge in [-0.2, -0.15) is 5.26 Å². The lowest BCUT2D eigenvalue weighted by molar-refractivity contribution is 1.27. The zero-order valence-electron chi connectivity index (χ0n) is 10.8. The third kappa shape index (κ3) is 2.44. The third-order valence-corrected chi connectivity index (χ3v) is 4.05. The van der Waals surface area contributed by atoms with Gasteiger partial charge in [-0.15, -0.1) is 11.3 Å². The summed E-state index contributed by atoms with van der Waals surface area (Å²) < 4.78 is 1.28. The minimum absolute atomic E-state index is 0.324. The number of anilines is 3. The summed E-state index contributed by atoms with van der Waals surface area (Å²) in [4.78, 5) is 0. The van der Waals surface area contributed by atoms with Gasteiger partial charge >= 0.3 is 0 Å². The Kier molecular flexibility index (Phi) is 3.28. The fraction of sp³-hybridized carbons (Fsp3) is 0.0625. The molecule has 0 aliphatic heterocycles. The molecule has 0 amide bonds. The number of hydrogen-bond donors (Lipinski definition) is 2. The number of nitrogens with zero attached hydrogens (tertiary/aromatic N) is 1. The van der Waals surface area contributed by atoms with Crippen molar-refractivity contribution in [1.82, 2.24) is 0 Å². The quantitative estimate of drug-likeness (QED) is 0.703. The monoisotopic (exact) mass is 279 g/mol. The predicted molar refractivity (Wildman–Crippen MR) is 85.3 cm³/mol. The second-order valence-corrected chi connectivity index (χ2v) is 5.49. The molecule has 0 saturated heterocycles. The molecule has 3 rings (SSSR count). The summed E-state index contributed by atoms with van der Waals surface area (Å²) >= 11 is 1.73. The maximum Gasteiger partial charge on any atom is 0.0670 e. The van der Waals surface area contributed by atoms with Gasteiger partial charge < -0.3 is 11.1 Å². The first kappa shape index (κ1) is 12.5. The van der Waals surface area contributed by atoms with Crippen molar-refractivity contribution in [3.05, 3.63) is 53.4 Å². The molecule has 98 valence electrons. The molecule has 1 heterocycles. The maximum atomic E-state index is 8.79. The molecule has 3 N–H and O–H groups in total. The van der Waals surface area contributed by atoms with Crippen molar-refractivity contribution in [3.8, 4) is 6.07 Å². The Hall–Kier alpha value is -2.51. The minimum atomic E-state index is 0.324. The van der Waals surface area contributed by atoms with Crippen LogP contribution in [0.25, 0.3) is 10.1 Å². The molecule has 2 aromatic carbocycles. The van der Waals surface area contributed by atoms with E-state index >= 15 is 0 Å². The van der Waals surface area contributed by atoms with Gasteiger partial charge in [-0.05, 0) is 58.8 Å². The third-order valence-electron chi connectivity index (χ3n) is 3.15. The van der Waals surface area contributed by atoms with Crippen molar-refractivity contribution in [2.45, 2.75) is 6.42 Å². The number of thiophene rings is 1. The van der Waals surface area contributed by atoms with Crippen LogP contribution < -0.4 is 11.1 Å². The average molecular weight is 279 g/mol. The molecule has 1 aromatic heterocycles. The molecular weight excluding hydrogens is 266 g/mol. The van der Waals surface area contributed by atoms with E-state index in [1.165, 1.54) is 10.1 Å². The van der Waals surface area contributed by atoms with Crippen LogP contribution in [-0.4, -0.2) is 0 Å².